The second-order valence-electron chi connectivity index (χ2n) is 8.48. The highest BCUT2D eigenvalue weighted by Crippen LogP contribution is 2.38. The largest absolute Gasteiger partial charge is 0.496 e. The molecule has 3 rings (SSSR count). The van der Waals surface area contributed by atoms with Crippen molar-refractivity contribution in [2.75, 3.05) is 13.7 Å². The predicted molar refractivity (Wildman–Crippen MR) is 108 cm³/mol. The third-order valence-corrected chi connectivity index (χ3v) is 5.56. The van der Waals surface area contributed by atoms with Crippen molar-refractivity contribution >= 4 is 0 Å². The number of nitrogens with zero attached hydrogens (tertiary/aromatic N) is 1. The Balaban J connectivity index is 1.93. The first kappa shape index (κ1) is 18.9. The van der Waals surface area contributed by atoms with E-state index in [1.54, 1.807) is 7.11 Å². The Hall–Kier alpha value is -1.84. The first-order chi connectivity index (χ1) is 12.4. The quantitative estimate of drug-likeness (QED) is 0.799. The zero-order valence-corrected chi connectivity index (χ0v) is 16.5. The molecule has 0 bridgehead atoms. The molecule has 0 aromatic heterocycles. The summed E-state index contributed by atoms with van der Waals surface area (Å²) in [5.41, 5.74) is 4.09. The van der Waals surface area contributed by atoms with Gasteiger partial charge in [-0.1, -0.05) is 63.2 Å². The molecule has 2 N–H and O–H groups in total. The number of ether oxygens (including phenoxy) is 1. The van der Waals surface area contributed by atoms with Gasteiger partial charge >= 0.3 is 0 Å². The lowest BCUT2D eigenvalue weighted by molar-refractivity contribution is 0.0922. The monoisotopic (exact) mass is 352 g/mol. The zero-order valence-electron chi connectivity index (χ0n) is 16.5. The number of nitrogens with two attached hydrogens (primary N) is 1. The molecule has 0 unspecified atom stereocenters. The number of hydrogen-bond acceptors (Lipinski definition) is 3. The molecule has 0 aliphatic carbocycles. The van der Waals surface area contributed by atoms with Gasteiger partial charge in [0.2, 0.25) is 0 Å². The number of piperidine rings is 1. The van der Waals surface area contributed by atoms with Gasteiger partial charge in [0.05, 0.1) is 13.2 Å². The highest BCUT2D eigenvalue weighted by Gasteiger charge is 2.32. The van der Waals surface area contributed by atoms with Crippen molar-refractivity contribution in [1.29, 1.82) is 0 Å². The molecule has 0 amide bonds. The molecule has 1 aliphatic rings. The minimum atomic E-state index is 0.131. The van der Waals surface area contributed by atoms with E-state index < -0.39 is 0 Å². The molecule has 140 valence electrons. The zero-order chi connectivity index (χ0) is 18.7. The standard InChI is InChI=1S/C23H32N2O/c1-23(2,3)20-12-13-21(26-4)19(16-20)15-18-11-8-14-25(24)22(18)17-9-6-5-7-10-17/h5-7,9-10,12-13,16,18,22H,8,11,14-15,24H2,1-4H3/t18-,22+/m0/s1. The molecular formula is C23H32N2O. The Morgan fingerprint density at radius 2 is 1.85 bits per heavy atom. The summed E-state index contributed by atoms with van der Waals surface area (Å²) >= 11 is 0. The van der Waals surface area contributed by atoms with Gasteiger partial charge in [0.1, 0.15) is 5.75 Å². The lowest BCUT2D eigenvalue weighted by Crippen LogP contribution is -2.44. The highest BCUT2D eigenvalue weighted by molar-refractivity contribution is 5.40. The molecular weight excluding hydrogens is 320 g/mol. The van der Waals surface area contributed by atoms with Gasteiger partial charge in [0.25, 0.3) is 0 Å². The first-order valence-electron chi connectivity index (χ1n) is 9.64. The molecule has 0 saturated carbocycles. The van der Waals surface area contributed by atoms with E-state index in [2.05, 4.69) is 69.3 Å². The molecule has 1 saturated heterocycles. The van der Waals surface area contributed by atoms with Gasteiger partial charge in [0.15, 0.2) is 0 Å². The molecule has 1 heterocycles. The van der Waals surface area contributed by atoms with Crippen LogP contribution >= 0.6 is 0 Å². The molecule has 0 spiro atoms. The summed E-state index contributed by atoms with van der Waals surface area (Å²) in [5, 5.41) is 2.03. The van der Waals surface area contributed by atoms with E-state index in [0.29, 0.717) is 5.92 Å². The average Bonchev–Trinajstić information content (AvgIpc) is 2.62. The SMILES string of the molecule is COc1ccc(C(C)(C)C)cc1C[C@@H]1CCCN(N)[C@@H]1c1ccccc1. The first-order valence-corrected chi connectivity index (χ1v) is 9.64. The molecule has 1 fully saturated rings. The van der Waals surface area contributed by atoms with Gasteiger partial charge in [-0.25, -0.2) is 5.01 Å². The fourth-order valence-electron chi connectivity index (χ4n) is 4.12. The van der Waals surface area contributed by atoms with E-state index in [0.717, 1.165) is 25.1 Å². The van der Waals surface area contributed by atoms with E-state index in [-0.39, 0.29) is 11.5 Å². The van der Waals surface area contributed by atoms with Gasteiger partial charge in [0, 0.05) is 6.54 Å². The van der Waals surface area contributed by atoms with Crippen LogP contribution < -0.4 is 10.6 Å². The molecule has 2 atom stereocenters. The highest BCUT2D eigenvalue weighted by atomic mass is 16.5. The third-order valence-electron chi connectivity index (χ3n) is 5.56. The van der Waals surface area contributed by atoms with Crippen LogP contribution in [0.25, 0.3) is 0 Å². The Morgan fingerprint density at radius 1 is 1.12 bits per heavy atom. The van der Waals surface area contributed by atoms with Crippen molar-refractivity contribution in [2.24, 2.45) is 11.8 Å². The van der Waals surface area contributed by atoms with Crippen molar-refractivity contribution in [1.82, 2.24) is 5.01 Å². The van der Waals surface area contributed by atoms with Crippen LogP contribution in [0.4, 0.5) is 0 Å². The molecule has 3 nitrogen and oxygen atoms in total. The van der Waals surface area contributed by atoms with E-state index in [1.165, 1.54) is 23.1 Å². The van der Waals surface area contributed by atoms with Crippen LogP contribution in [0.5, 0.6) is 5.75 Å². The smallest absolute Gasteiger partial charge is 0.122 e. The molecule has 3 heteroatoms. The Kier molecular flexibility index (Phi) is 5.69. The minimum absolute atomic E-state index is 0.131. The maximum Gasteiger partial charge on any atom is 0.122 e. The normalized spacial score (nSPS) is 21.6. The van der Waals surface area contributed by atoms with Crippen LogP contribution in [0.1, 0.15) is 56.3 Å². The van der Waals surface area contributed by atoms with Crippen molar-refractivity contribution in [2.45, 2.75) is 51.5 Å². The summed E-state index contributed by atoms with van der Waals surface area (Å²) in [5.74, 6) is 7.90. The van der Waals surface area contributed by atoms with Crippen LogP contribution in [0, 0.1) is 5.92 Å². The third kappa shape index (κ3) is 4.11. The summed E-state index contributed by atoms with van der Waals surface area (Å²) in [7, 11) is 1.76. The summed E-state index contributed by atoms with van der Waals surface area (Å²) < 4.78 is 5.68. The van der Waals surface area contributed by atoms with Crippen LogP contribution in [-0.2, 0) is 11.8 Å². The maximum absolute atomic E-state index is 6.43. The summed E-state index contributed by atoms with van der Waals surface area (Å²) in [6, 6.07) is 17.6. The summed E-state index contributed by atoms with van der Waals surface area (Å²) in [4.78, 5) is 0. The van der Waals surface area contributed by atoms with Crippen molar-refractivity contribution < 1.29 is 4.74 Å². The summed E-state index contributed by atoms with van der Waals surface area (Å²) in [6.45, 7) is 7.73. The fraction of sp³-hybridized carbons (Fsp3) is 0.478. The second kappa shape index (κ2) is 7.81. The van der Waals surface area contributed by atoms with E-state index >= 15 is 0 Å². The van der Waals surface area contributed by atoms with Gasteiger partial charge in [-0.3, -0.25) is 5.84 Å². The number of rotatable bonds is 4. The molecule has 26 heavy (non-hydrogen) atoms. The van der Waals surface area contributed by atoms with Crippen LogP contribution in [0.3, 0.4) is 0 Å². The van der Waals surface area contributed by atoms with Crippen LogP contribution in [0.2, 0.25) is 0 Å². The van der Waals surface area contributed by atoms with Gasteiger partial charge < -0.3 is 4.74 Å². The topological polar surface area (TPSA) is 38.5 Å². The lowest BCUT2D eigenvalue weighted by Gasteiger charge is -2.39. The number of benzene rings is 2. The van der Waals surface area contributed by atoms with Crippen molar-refractivity contribution in [3.05, 3.63) is 65.2 Å². The fourth-order valence-corrected chi connectivity index (χ4v) is 4.12. The predicted octanol–water partition coefficient (Wildman–Crippen LogP) is 4.86. The van der Waals surface area contributed by atoms with Crippen molar-refractivity contribution in [3.8, 4) is 5.75 Å². The number of methoxy groups -OCH3 is 1. The van der Waals surface area contributed by atoms with E-state index in [4.69, 9.17) is 10.6 Å². The number of hydrazine groups is 1. The second-order valence-corrected chi connectivity index (χ2v) is 8.48. The average molecular weight is 353 g/mol. The lowest BCUT2D eigenvalue weighted by atomic mass is 9.80. The van der Waals surface area contributed by atoms with E-state index in [1.807, 2.05) is 5.01 Å². The Bertz CT molecular complexity index is 721. The summed E-state index contributed by atoms with van der Waals surface area (Å²) in [6.07, 6.45) is 3.32. The van der Waals surface area contributed by atoms with Crippen LogP contribution in [0.15, 0.2) is 48.5 Å². The van der Waals surface area contributed by atoms with Gasteiger partial charge in [-0.15, -0.1) is 0 Å². The number of hydrogen-bond donors (Lipinski definition) is 1. The van der Waals surface area contributed by atoms with Crippen LogP contribution in [-0.4, -0.2) is 18.7 Å². The minimum Gasteiger partial charge on any atom is -0.496 e. The molecule has 0 radical (unpaired) electrons. The van der Waals surface area contributed by atoms with Gasteiger partial charge in [-0.2, -0.15) is 0 Å². The molecule has 1 aliphatic heterocycles. The Morgan fingerprint density at radius 3 is 2.50 bits per heavy atom. The van der Waals surface area contributed by atoms with E-state index in [9.17, 15) is 0 Å². The van der Waals surface area contributed by atoms with Gasteiger partial charge in [-0.05, 0) is 53.4 Å². The Labute approximate surface area is 158 Å². The molecule has 2 aromatic carbocycles. The van der Waals surface area contributed by atoms with Crippen molar-refractivity contribution in [3.63, 3.8) is 0 Å². The molecule has 2 aromatic rings. The maximum atomic E-state index is 6.43.